The Balaban J connectivity index is 1.61. The highest BCUT2D eigenvalue weighted by atomic mass is 15.1. The largest absolute Gasteiger partial charge is 0.365 e. The van der Waals surface area contributed by atoms with Crippen molar-refractivity contribution in [2.75, 3.05) is 5.32 Å². The zero-order valence-corrected chi connectivity index (χ0v) is 11.1. The van der Waals surface area contributed by atoms with Gasteiger partial charge in [-0.05, 0) is 31.7 Å². The van der Waals surface area contributed by atoms with Crippen LogP contribution in [0.5, 0.6) is 0 Å². The second-order valence-electron chi connectivity index (χ2n) is 5.83. The molecule has 100 valence electrons. The van der Waals surface area contributed by atoms with E-state index < -0.39 is 0 Å². The van der Waals surface area contributed by atoms with E-state index in [1.807, 2.05) is 30.2 Å². The average Bonchev–Trinajstić information content (AvgIpc) is 2.95. The molecule has 5 nitrogen and oxygen atoms in total. The van der Waals surface area contributed by atoms with Gasteiger partial charge in [0.2, 0.25) is 0 Å². The van der Waals surface area contributed by atoms with Crippen LogP contribution in [0.3, 0.4) is 0 Å². The molecule has 2 aromatic heterocycles. The maximum absolute atomic E-state index is 4.48. The van der Waals surface area contributed by atoms with Gasteiger partial charge >= 0.3 is 0 Å². The second-order valence-corrected chi connectivity index (χ2v) is 5.83. The number of nitrogens with one attached hydrogen (secondary N) is 2. The van der Waals surface area contributed by atoms with E-state index in [0.29, 0.717) is 18.1 Å². The van der Waals surface area contributed by atoms with Crippen LogP contribution in [0.4, 0.5) is 5.82 Å². The van der Waals surface area contributed by atoms with Crippen LogP contribution in [0.15, 0.2) is 18.6 Å². The molecule has 2 unspecified atom stereocenters. The van der Waals surface area contributed by atoms with E-state index in [0.717, 1.165) is 16.9 Å². The Hall–Kier alpha value is -1.62. The molecule has 2 aromatic rings. The summed E-state index contributed by atoms with van der Waals surface area (Å²) in [4.78, 5) is 8.94. The topological polar surface area (TPSA) is 54.8 Å². The molecule has 5 heteroatoms. The summed E-state index contributed by atoms with van der Waals surface area (Å²) >= 11 is 0. The summed E-state index contributed by atoms with van der Waals surface area (Å²) in [6.07, 6.45) is 8.75. The van der Waals surface area contributed by atoms with Crippen LogP contribution in [-0.2, 0) is 7.05 Å². The lowest BCUT2D eigenvalue weighted by atomic mass is 10.00. The first-order chi connectivity index (χ1) is 9.29. The van der Waals surface area contributed by atoms with Gasteiger partial charge in [0.1, 0.15) is 5.52 Å². The van der Waals surface area contributed by atoms with Crippen LogP contribution in [0.2, 0.25) is 0 Å². The predicted octanol–water partition coefficient (Wildman–Crippen LogP) is 1.66. The standard InChI is InChI=1S/C14H19N5/c1-19-8-16-13-12(19)4-5-15-14(13)18-11-6-9-2-3-10(7-11)17-9/h4-5,8-11,17H,2-3,6-7H2,1H3,(H,15,18). The number of nitrogens with zero attached hydrogens (tertiary/aromatic N) is 3. The maximum Gasteiger partial charge on any atom is 0.154 e. The summed E-state index contributed by atoms with van der Waals surface area (Å²) in [7, 11) is 2.02. The molecule has 2 N–H and O–H groups in total. The summed E-state index contributed by atoms with van der Waals surface area (Å²) < 4.78 is 2.04. The first-order valence-corrected chi connectivity index (χ1v) is 7.08. The lowest BCUT2D eigenvalue weighted by Crippen LogP contribution is -2.43. The molecule has 0 saturated carbocycles. The molecule has 19 heavy (non-hydrogen) atoms. The lowest BCUT2D eigenvalue weighted by Gasteiger charge is -2.30. The van der Waals surface area contributed by atoms with Crippen LogP contribution in [-0.4, -0.2) is 32.7 Å². The maximum atomic E-state index is 4.48. The Morgan fingerprint density at radius 3 is 2.84 bits per heavy atom. The zero-order valence-electron chi connectivity index (χ0n) is 11.1. The molecule has 0 amide bonds. The third kappa shape index (κ3) is 1.89. The Morgan fingerprint density at radius 2 is 2.05 bits per heavy atom. The second kappa shape index (κ2) is 4.20. The molecule has 0 aliphatic carbocycles. The fourth-order valence-corrected chi connectivity index (χ4v) is 3.54. The van der Waals surface area contributed by atoms with Gasteiger partial charge in [-0.25, -0.2) is 9.97 Å². The zero-order chi connectivity index (χ0) is 12.8. The van der Waals surface area contributed by atoms with Gasteiger partial charge in [-0.1, -0.05) is 0 Å². The smallest absolute Gasteiger partial charge is 0.154 e. The molecular weight excluding hydrogens is 238 g/mol. The number of aromatic nitrogens is 3. The summed E-state index contributed by atoms with van der Waals surface area (Å²) in [5.74, 6) is 0.935. The first kappa shape index (κ1) is 11.2. The van der Waals surface area contributed by atoms with Crippen LogP contribution >= 0.6 is 0 Å². The molecular formula is C14H19N5. The molecule has 0 aromatic carbocycles. The summed E-state index contributed by atoms with van der Waals surface area (Å²) in [5, 5.41) is 7.28. The van der Waals surface area contributed by atoms with Gasteiger partial charge in [-0.2, -0.15) is 0 Å². The molecule has 2 bridgehead atoms. The number of anilines is 1. The minimum Gasteiger partial charge on any atom is -0.365 e. The summed E-state index contributed by atoms with van der Waals surface area (Å²) in [6, 6.07) is 3.93. The van der Waals surface area contributed by atoms with E-state index in [1.54, 1.807) is 0 Å². The van der Waals surface area contributed by atoms with E-state index in [9.17, 15) is 0 Å². The third-order valence-electron chi connectivity index (χ3n) is 4.46. The molecule has 2 aliphatic rings. The van der Waals surface area contributed by atoms with E-state index >= 15 is 0 Å². The van der Waals surface area contributed by atoms with E-state index in [-0.39, 0.29) is 0 Å². The monoisotopic (exact) mass is 257 g/mol. The number of pyridine rings is 1. The number of piperidine rings is 1. The van der Waals surface area contributed by atoms with Gasteiger partial charge in [-0.3, -0.25) is 0 Å². The molecule has 0 spiro atoms. The fourth-order valence-electron chi connectivity index (χ4n) is 3.54. The van der Waals surface area contributed by atoms with Gasteiger partial charge in [0.05, 0.1) is 11.8 Å². The van der Waals surface area contributed by atoms with Crippen LogP contribution in [0, 0.1) is 0 Å². The first-order valence-electron chi connectivity index (χ1n) is 7.08. The number of aryl methyl sites for hydroxylation is 1. The van der Waals surface area contributed by atoms with Gasteiger partial charge in [0.25, 0.3) is 0 Å². The number of hydrogen-bond acceptors (Lipinski definition) is 4. The van der Waals surface area contributed by atoms with Crippen molar-refractivity contribution in [3.05, 3.63) is 18.6 Å². The molecule has 2 saturated heterocycles. The number of hydrogen-bond donors (Lipinski definition) is 2. The average molecular weight is 257 g/mol. The van der Waals surface area contributed by atoms with Crippen molar-refractivity contribution in [2.24, 2.45) is 7.05 Å². The van der Waals surface area contributed by atoms with E-state index in [2.05, 4.69) is 20.6 Å². The normalized spacial score (nSPS) is 29.8. The third-order valence-corrected chi connectivity index (χ3v) is 4.46. The predicted molar refractivity (Wildman–Crippen MR) is 75.1 cm³/mol. The van der Waals surface area contributed by atoms with Crippen molar-refractivity contribution < 1.29 is 0 Å². The van der Waals surface area contributed by atoms with Crippen molar-refractivity contribution in [3.8, 4) is 0 Å². The molecule has 2 fully saturated rings. The van der Waals surface area contributed by atoms with Crippen molar-refractivity contribution >= 4 is 16.9 Å². The van der Waals surface area contributed by atoms with Crippen molar-refractivity contribution in [2.45, 2.75) is 43.8 Å². The number of fused-ring (bicyclic) bond motifs is 3. The van der Waals surface area contributed by atoms with E-state index in [4.69, 9.17) is 0 Å². The molecule has 2 aliphatic heterocycles. The Bertz CT molecular complexity index is 593. The van der Waals surface area contributed by atoms with Crippen molar-refractivity contribution in [1.82, 2.24) is 19.9 Å². The number of imidazole rings is 1. The van der Waals surface area contributed by atoms with Crippen molar-refractivity contribution in [1.29, 1.82) is 0 Å². The Kier molecular flexibility index (Phi) is 2.48. The van der Waals surface area contributed by atoms with Gasteiger partial charge < -0.3 is 15.2 Å². The highest BCUT2D eigenvalue weighted by molar-refractivity contribution is 5.85. The van der Waals surface area contributed by atoms with Gasteiger partial charge in [-0.15, -0.1) is 0 Å². The minimum atomic E-state index is 0.527. The van der Waals surface area contributed by atoms with Crippen LogP contribution in [0.1, 0.15) is 25.7 Å². The Labute approximate surface area is 112 Å². The van der Waals surface area contributed by atoms with Gasteiger partial charge in [0.15, 0.2) is 5.82 Å². The quantitative estimate of drug-likeness (QED) is 0.859. The number of rotatable bonds is 2. The highest BCUT2D eigenvalue weighted by Crippen LogP contribution is 2.29. The van der Waals surface area contributed by atoms with Crippen molar-refractivity contribution in [3.63, 3.8) is 0 Å². The minimum absolute atomic E-state index is 0.527. The molecule has 0 radical (unpaired) electrons. The highest BCUT2D eigenvalue weighted by Gasteiger charge is 2.33. The SMILES string of the molecule is Cn1cnc2c(NC3CC4CCC(C3)N4)nccc21. The van der Waals surface area contributed by atoms with E-state index in [1.165, 1.54) is 25.7 Å². The van der Waals surface area contributed by atoms with Crippen LogP contribution in [0.25, 0.3) is 11.0 Å². The molecule has 4 heterocycles. The lowest BCUT2D eigenvalue weighted by molar-refractivity contribution is 0.378. The molecule has 4 rings (SSSR count). The Morgan fingerprint density at radius 1 is 1.26 bits per heavy atom. The van der Waals surface area contributed by atoms with Crippen LogP contribution < -0.4 is 10.6 Å². The summed E-state index contributed by atoms with van der Waals surface area (Å²) in [5.41, 5.74) is 2.12. The summed E-state index contributed by atoms with van der Waals surface area (Å²) in [6.45, 7) is 0. The van der Waals surface area contributed by atoms with Gasteiger partial charge in [0, 0.05) is 31.4 Å². The molecule has 2 atom stereocenters. The fraction of sp³-hybridized carbons (Fsp3) is 0.571.